The van der Waals surface area contributed by atoms with Crippen LogP contribution in [0.1, 0.15) is 22.8 Å². The predicted molar refractivity (Wildman–Crippen MR) is 64.8 cm³/mol. The Labute approximate surface area is 104 Å². The zero-order valence-electron chi connectivity index (χ0n) is 9.84. The van der Waals surface area contributed by atoms with E-state index in [1.54, 1.807) is 37.3 Å². The topological polar surface area (TPSA) is 63.2 Å². The van der Waals surface area contributed by atoms with Crippen molar-refractivity contribution in [2.75, 3.05) is 6.61 Å². The molecule has 1 aromatic heterocycles. The van der Waals surface area contributed by atoms with Gasteiger partial charge in [0.15, 0.2) is 0 Å². The fourth-order valence-corrected chi connectivity index (χ4v) is 1.63. The van der Waals surface area contributed by atoms with Gasteiger partial charge in [0.05, 0.1) is 24.5 Å². The van der Waals surface area contributed by atoms with E-state index in [4.69, 9.17) is 14.4 Å². The van der Waals surface area contributed by atoms with Crippen molar-refractivity contribution in [3.05, 3.63) is 47.7 Å². The molecule has 0 N–H and O–H groups in total. The lowest BCUT2D eigenvalue weighted by molar-refractivity contribution is 0.0527. The molecule has 0 aliphatic rings. The molecule has 18 heavy (non-hydrogen) atoms. The maximum absolute atomic E-state index is 11.7. The number of carbonyl (C=O) groups is 1. The molecule has 4 nitrogen and oxygen atoms in total. The van der Waals surface area contributed by atoms with E-state index < -0.39 is 5.97 Å². The van der Waals surface area contributed by atoms with E-state index >= 15 is 0 Å². The van der Waals surface area contributed by atoms with Gasteiger partial charge in [0.2, 0.25) is 0 Å². The summed E-state index contributed by atoms with van der Waals surface area (Å²) in [7, 11) is 0. The Morgan fingerprint density at radius 1 is 1.44 bits per heavy atom. The van der Waals surface area contributed by atoms with E-state index in [9.17, 15) is 4.79 Å². The summed E-state index contributed by atoms with van der Waals surface area (Å²) in [6, 6.07) is 10.5. The van der Waals surface area contributed by atoms with E-state index in [0.29, 0.717) is 29.1 Å². The third-order valence-corrected chi connectivity index (χ3v) is 2.41. The van der Waals surface area contributed by atoms with Crippen LogP contribution < -0.4 is 0 Å². The van der Waals surface area contributed by atoms with Gasteiger partial charge in [0, 0.05) is 5.56 Å². The highest BCUT2D eigenvalue weighted by atomic mass is 16.5. The summed E-state index contributed by atoms with van der Waals surface area (Å²) in [6.07, 6.45) is 1.43. The van der Waals surface area contributed by atoms with Crippen molar-refractivity contribution in [2.24, 2.45) is 0 Å². The Morgan fingerprint density at radius 2 is 2.28 bits per heavy atom. The van der Waals surface area contributed by atoms with Crippen LogP contribution in [0.5, 0.6) is 0 Å². The third kappa shape index (κ3) is 2.25. The molecule has 0 aliphatic heterocycles. The number of ether oxygens (including phenoxy) is 1. The summed E-state index contributed by atoms with van der Waals surface area (Å²) in [4.78, 5) is 11.7. The van der Waals surface area contributed by atoms with Gasteiger partial charge >= 0.3 is 5.97 Å². The third-order valence-electron chi connectivity index (χ3n) is 2.41. The van der Waals surface area contributed by atoms with Crippen molar-refractivity contribution >= 4 is 5.97 Å². The van der Waals surface area contributed by atoms with Gasteiger partial charge < -0.3 is 9.15 Å². The van der Waals surface area contributed by atoms with Gasteiger partial charge in [-0.1, -0.05) is 12.1 Å². The highest BCUT2D eigenvalue weighted by Gasteiger charge is 2.17. The molecular formula is C14H11NO3. The predicted octanol–water partition coefficient (Wildman–Crippen LogP) is 2.99. The van der Waals surface area contributed by atoms with Crippen molar-refractivity contribution < 1.29 is 13.9 Å². The first-order valence-corrected chi connectivity index (χ1v) is 5.51. The Morgan fingerprint density at radius 3 is 3.00 bits per heavy atom. The summed E-state index contributed by atoms with van der Waals surface area (Å²) < 4.78 is 10.2. The summed E-state index contributed by atoms with van der Waals surface area (Å²) in [5.41, 5.74) is 1.56. The molecule has 0 amide bonds. The number of furan rings is 1. The number of esters is 1. The first-order chi connectivity index (χ1) is 8.76. The zero-order chi connectivity index (χ0) is 13.0. The quantitative estimate of drug-likeness (QED) is 0.775. The number of nitrogens with zero attached hydrogens (tertiary/aromatic N) is 1. The smallest absolute Gasteiger partial charge is 0.342 e. The maximum Gasteiger partial charge on any atom is 0.342 e. The lowest BCUT2D eigenvalue weighted by Crippen LogP contribution is -2.04. The fourth-order valence-electron chi connectivity index (χ4n) is 1.63. The van der Waals surface area contributed by atoms with Crippen LogP contribution in [0, 0.1) is 11.3 Å². The molecule has 0 bridgehead atoms. The first-order valence-electron chi connectivity index (χ1n) is 5.51. The number of hydrogen-bond donors (Lipinski definition) is 0. The summed E-state index contributed by atoms with van der Waals surface area (Å²) in [5.74, 6) is -0.00541. The monoisotopic (exact) mass is 241 g/mol. The molecule has 1 aromatic carbocycles. The van der Waals surface area contributed by atoms with Gasteiger partial charge in [0.25, 0.3) is 0 Å². The van der Waals surface area contributed by atoms with Crippen molar-refractivity contribution in [3.63, 3.8) is 0 Å². The van der Waals surface area contributed by atoms with Crippen LogP contribution in [0.2, 0.25) is 0 Å². The summed E-state index contributed by atoms with van der Waals surface area (Å²) in [6.45, 7) is 2.05. The van der Waals surface area contributed by atoms with Gasteiger partial charge in [-0.15, -0.1) is 0 Å². The van der Waals surface area contributed by atoms with E-state index in [0.717, 1.165) is 0 Å². The summed E-state index contributed by atoms with van der Waals surface area (Å²) >= 11 is 0. The van der Waals surface area contributed by atoms with Crippen LogP contribution in [0.25, 0.3) is 11.3 Å². The van der Waals surface area contributed by atoms with Crippen molar-refractivity contribution in [2.45, 2.75) is 6.92 Å². The Hall–Kier alpha value is -2.54. The minimum Gasteiger partial charge on any atom is -0.463 e. The van der Waals surface area contributed by atoms with Gasteiger partial charge in [-0.2, -0.15) is 5.26 Å². The van der Waals surface area contributed by atoms with Crippen LogP contribution in [-0.2, 0) is 4.74 Å². The number of benzene rings is 1. The molecule has 2 aromatic rings. The molecule has 0 fully saturated rings. The van der Waals surface area contributed by atoms with E-state index in [2.05, 4.69) is 0 Å². The SMILES string of the molecule is CCOC(=O)c1ccoc1-c1cccc(C#N)c1. The Balaban J connectivity index is 2.42. The molecule has 1 heterocycles. The number of hydrogen-bond acceptors (Lipinski definition) is 4. The molecule has 0 saturated carbocycles. The highest BCUT2D eigenvalue weighted by molar-refractivity contribution is 5.95. The first kappa shape index (κ1) is 11.9. The summed E-state index contributed by atoms with van der Waals surface area (Å²) in [5, 5.41) is 8.85. The van der Waals surface area contributed by atoms with Crippen molar-refractivity contribution in [3.8, 4) is 17.4 Å². The Bertz CT molecular complexity index is 607. The van der Waals surface area contributed by atoms with Crippen molar-refractivity contribution in [1.82, 2.24) is 0 Å². The molecule has 0 spiro atoms. The molecular weight excluding hydrogens is 230 g/mol. The van der Waals surface area contributed by atoms with E-state index in [1.165, 1.54) is 6.26 Å². The molecule has 0 unspecified atom stereocenters. The molecule has 0 saturated heterocycles. The lowest BCUT2D eigenvalue weighted by atomic mass is 10.1. The van der Waals surface area contributed by atoms with Gasteiger partial charge in [-0.25, -0.2) is 4.79 Å². The minimum atomic E-state index is -0.427. The average molecular weight is 241 g/mol. The van der Waals surface area contributed by atoms with Gasteiger partial charge in [-0.05, 0) is 25.1 Å². The second-order valence-electron chi connectivity index (χ2n) is 3.58. The van der Waals surface area contributed by atoms with Crippen LogP contribution in [-0.4, -0.2) is 12.6 Å². The van der Waals surface area contributed by atoms with Crippen LogP contribution in [0.15, 0.2) is 41.0 Å². The highest BCUT2D eigenvalue weighted by Crippen LogP contribution is 2.26. The zero-order valence-corrected chi connectivity index (χ0v) is 9.84. The molecule has 0 atom stereocenters. The lowest BCUT2D eigenvalue weighted by Gasteiger charge is -2.03. The van der Waals surface area contributed by atoms with E-state index in [-0.39, 0.29) is 0 Å². The molecule has 4 heteroatoms. The normalized spacial score (nSPS) is 9.78. The van der Waals surface area contributed by atoms with Crippen LogP contribution in [0.4, 0.5) is 0 Å². The molecule has 0 radical (unpaired) electrons. The largest absolute Gasteiger partial charge is 0.463 e. The average Bonchev–Trinajstić information content (AvgIpc) is 2.88. The maximum atomic E-state index is 11.7. The Kier molecular flexibility index (Phi) is 3.44. The second-order valence-corrected chi connectivity index (χ2v) is 3.58. The number of carbonyl (C=O) groups excluding carboxylic acids is 1. The number of rotatable bonds is 3. The standard InChI is InChI=1S/C14H11NO3/c1-2-17-14(16)12-6-7-18-13(12)11-5-3-4-10(8-11)9-15/h3-8H,2H2,1H3. The fraction of sp³-hybridized carbons (Fsp3) is 0.143. The van der Waals surface area contributed by atoms with Gasteiger partial charge in [0.1, 0.15) is 11.3 Å². The minimum absolute atomic E-state index is 0.307. The van der Waals surface area contributed by atoms with Crippen LogP contribution >= 0.6 is 0 Å². The molecule has 0 aliphatic carbocycles. The van der Waals surface area contributed by atoms with E-state index in [1.807, 2.05) is 6.07 Å². The van der Waals surface area contributed by atoms with Gasteiger partial charge in [-0.3, -0.25) is 0 Å². The second kappa shape index (κ2) is 5.19. The number of nitriles is 1. The van der Waals surface area contributed by atoms with Crippen molar-refractivity contribution in [1.29, 1.82) is 5.26 Å². The molecule has 2 rings (SSSR count). The van der Waals surface area contributed by atoms with Crippen LogP contribution in [0.3, 0.4) is 0 Å². The molecule has 90 valence electrons.